The quantitative estimate of drug-likeness (QED) is 0.684. The first-order chi connectivity index (χ1) is 7.35. The van der Waals surface area contributed by atoms with Crippen LogP contribution in [0.3, 0.4) is 0 Å². The van der Waals surface area contributed by atoms with Crippen LogP contribution in [0.2, 0.25) is 0 Å². The summed E-state index contributed by atoms with van der Waals surface area (Å²) in [7, 11) is 0. The Morgan fingerprint density at radius 2 is 2.12 bits per heavy atom. The van der Waals surface area contributed by atoms with Crippen LogP contribution in [0.15, 0.2) is 22.7 Å². The molecule has 0 bridgehead atoms. The summed E-state index contributed by atoms with van der Waals surface area (Å²) in [5.74, 6) is 0. The van der Waals surface area contributed by atoms with Crippen molar-refractivity contribution in [3.63, 3.8) is 0 Å². The van der Waals surface area contributed by atoms with Gasteiger partial charge in [-0.2, -0.15) is 0 Å². The number of rotatable bonds is 4. The lowest BCUT2D eigenvalue weighted by Crippen LogP contribution is -2.19. The van der Waals surface area contributed by atoms with Gasteiger partial charge in [0.1, 0.15) is 0 Å². The zero-order valence-corrected chi connectivity index (χ0v) is 10.8. The van der Waals surface area contributed by atoms with Crippen molar-refractivity contribution in [1.82, 2.24) is 0 Å². The van der Waals surface area contributed by atoms with E-state index in [1.165, 1.54) is 0 Å². The summed E-state index contributed by atoms with van der Waals surface area (Å²) < 4.78 is 0.475. The number of hydrogen-bond donors (Lipinski definition) is 1. The Kier molecular flexibility index (Phi) is 4.04. The van der Waals surface area contributed by atoms with Gasteiger partial charge in [0.05, 0.1) is 9.40 Å². The topological polar surface area (TPSA) is 63.4 Å². The number of halogens is 1. The van der Waals surface area contributed by atoms with E-state index in [0.29, 0.717) is 10.9 Å². The minimum Gasteiger partial charge on any atom is -0.396 e. The first kappa shape index (κ1) is 13.1. The lowest BCUT2D eigenvalue weighted by molar-refractivity contribution is -0.385. The molecule has 0 radical (unpaired) electrons. The molecule has 0 fully saturated rings. The molecule has 0 amide bonds. The smallest absolute Gasteiger partial charge is 0.283 e. The fourth-order valence-corrected chi connectivity index (χ4v) is 1.81. The third-order valence-corrected chi connectivity index (χ3v) is 2.99. The Morgan fingerprint density at radius 1 is 1.50 bits per heavy atom. The molecule has 88 valence electrons. The molecular formula is C11H14BrNO3. The molecule has 0 unspecified atom stereocenters. The van der Waals surface area contributed by atoms with Crippen molar-refractivity contribution < 1.29 is 10.0 Å². The summed E-state index contributed by atoms with van der Waals surface area (Å²) in [4.78, 5) is 10.3. The monoisotopic (exact) mass is 287 g/mol. The van der Waals surface area contributed by atoms with Crippen LogP contribution in [0.5, 0.6) is 0 Å². The second-order valence-corrected chi connectivity index (χ2v) is 5.40. The average Bonchev–Trinajstić information content (AvgIpc) is 2.20. The SMILES string of the molecule is CC(C)(CO)Cc1ccc(Br)c([N+](=O)[O-])c1. The Labute approximate surface area is 103 Å². The Bertz CT molecular complexity index is 404. The van der Waals surface area contributed by atoms with Gasteiger partial charge in [-0.3, -0.25) is 10.1 Å². The molecule has 1 rings (SSSR count). The Balaban J connectivity index is 3.00. The van der Waals surface area contributed by atoms with Gasteiger partial charge in [0.15, 0.2) is 0 Å². The van der Waals surface area contributed by atoms with Crippen molar-refractivity contribution in [2.45, 2.75) is 20.3 Å². The third-order valence-electron chi connectivity index (χ3n) is 2.32. The molecule has 1 aromatic rings. The number of nitro groups is 1. The van der Waals surface area contributed by atoms with Crippen molar-refractivity contribution in [3.8, 4) is 0 Å². The third kappa shape index (κ3) is 3.28. The molecular weight excluding hydrogens is 274 g/mol. The van der Waals surface area contributed by atoms with E-state index in [9.17, 15) is 10.1 Å². The van der Waals surface area contributed by atoms with Gasteiger partial charge in [0.25, 0.3) is 5.69 Å². The summed E-state index contributed by atoms with van der Waals surface area (Å²) in [6.45, 7) is 3.89. The van der Waals surface area contributed by atoms with E-state index >= 15 is 0 Å². The first-order valence-corrected chi connectivity index (χ1v) is 5.69. The molecule has 0 spiro atoms. The van der Waals surface area contributed by atoms with Crippen molar-refractivity contribution in [3.05, 3.63) is 38.3 Å². The maximum Gasteiger partial charge on any atom is 0.283 e. The van der Waals surface area contributed by atoms with Crippen LogP contribution in [0, 0.1) is 15.5 Å². The summed E-state index contributed by atoms with van der Waals surface area (Å²) in [5.41, 5.74) is 0.655. The molecule has 4 nitrogen and oxygen atoms in total. The van der Waals surface area contributed by atoms with Gasteiger partial charge >= 0.3 is 0 Å². The van der Waals surface area contributed by atoms with Crippen molar-refractivity contribution in [2.24, 2.45) is 5.41 Å². The standard InChI is InChI=1S/C11H14BrNO3/c1-11(2,7-14)6-8-3-4-9(12)10(5-8)13(15)16/h3-5,14H,6-7H2,1-2H3. The van der Waals surface area contributed by atoms with Crippen LogP contribution in [0.4, 0.5) is 5.69 Å². The molecule has 0 atom stereocenters. The van der Waals surface area contributed by atoms with Crippen molar-refractivity contribution in [2.75, 3.05) is 6.61 Å². The molecule has 0 aliphatic heterocycles. The second kappa shape index (κ2) is 4.93. The van der Waals surface area contributed by atoms with Crippen molar-refractivity contribution in [1.29, 1.82) is 0 Å². The molecule has 0 aromatic heterocycles. The van der Waals surface area contributed by atoms with Crippen LogP contribution >= 0.6 is 15.9 Å². The van der Waals surface area contributed by atoms with Crippen LogP contribution < -0.4 is 0 Å². The van der Waals surface area contributed by atoms with Gasteiger partial charge < -0.3 is 5.11 Å². The van der Waals surface area contributed by atoms with E-state index in [0.717, 1.165) is 5.56 Å². The number of aliphatic hydroxyl groups excluding tert-OH is 1. The lowest BCUT2D eigenvalue weighted by atomic mass is 9.87. The fourth-order valence-electron chi connectivity index (χ4n) is 1.42. The van der Waals surface area contributed by atoms with E-state index in [1.54, 1.807) is 12.1 Å². The van der Waals surface area contributed by atoms with E-state index in [-0.39, 0.29) is 17.7 Å². The zero-order valence-electron chi connectivity index (χ0n) is 9.24. The summed E-state index contributed by atoms with van der Waals surface area (Å²) in [6.07, 6.45) is 0.609. The molecule has 1 N–H and O–H groups in total. The largest absolute Gasteiger partial charge is 0.396 e. The number of benzene rings is 1. The van der Waals surface area contributed by atoms with E-state index in [2.05, 4.69) is 15.9 Å². The van der Waals surface area contributed by atoms with Crippen LogP contribution in [0.25, 0.3) is 0 Å². The summed E-state index contributed by atoms with van der Waals surface area (Å²) in [5, 5.41) is 19.9. The maximum absolute atomic E-state index is 10.7. The van der Waals surface area contributed by atoms with Crippen LogP contribution in [-0.4, -0.2) is 16.6 Å². The molecule has 5 heteroatoms. The molecule has 0 heterocycles. The number of nitrogens with zero attached hydrogens (tertiary/aromatic N) is 1. The normalized spacial score (nSPS) is 11.5. The highest BCUT2D eigenvalue weighted by molar-refractivity contribution is 9.10. The van der Waals surface area contributed by atoms with Gasteiger partial charge in [-0.15, -0.1) is 0 Å². The minimum absolute atomic E-state index is 0.0524. The van der Waals surface area contributed by atoms with E-state index in [1.807, 2.05) is 19.9 Å². The molecule has 0 saturated heterocycles. The van der Waals surface area contributed by atoms with Crippen molar-refractivity contribution >= 4 is 21.6 Å². The van der Waals surface area contributed by atoms with E-state index < -0.39 is 4.92 Å². The van der Waals surface area contributed by atoms with Gasteiger partial charge in [-0.05, 0) is 39.4 Å². The number of aliphatic hydroxyl groups is 1. The Morgan fingerprint density at radius 3 is 2.62 bits per heavy atom. The van der Waals surface area contributed by atoms with E-state index in [4.69, 9.17) is 5.11 Å². The molecule has 0 aliphatic carbocycles. The van der Waals surface area contributed by atoms with Crippen LogP contribution in [0.1, 0.15) is 19.4 Å². The summed E-state index contributed by atoms with van der Waals surface area (Å²) in [6, 6.07) is 5.04. The highest BCUT2D eigenvalue weighted by Gasteiger charge is 2.19. The van der Waals surface area contributed by atoms with Gasteiger partial charge in [0, 0.05) is 12.7 Å². The summed E-state index contributed by atoms with van der Waals surface area (Å²) >= 11 is 3.14. The van der Waals surface area contributed by atoms with Gasteiger partial charge in [-0.1, -0.05) is 19.9 Å². The fraction of sp³-hybridized carbons (Fsp3) is 0.455. The Hall–Kier alpha value is -0.940. The molecule has 0 aliphatic rings. The molecule has 16 heavy (non-hydrogen) atoms. The predicted octanol–water partition coefficient (Wildman–Crippen LogP) is 2.92. The zero-order chi connectivity index (χ0) is 12.3. The number of nitro benzene ring substituents is 1. The molecule has 1 aromatic carbocycles. The van der Waals surface area contributed by atoms with Gasteiger partial charge in [-0.25, -0.2) is 0 Å². The maximum atomic E-state index is 10.7. The number of hydrogen-bond acceptors (Lipinski definition) is 3. The first-order valence-electron chi connectivity index (χ1n) is 4.89. The highest BCUT2D eigenvalue weighted by atomic mass is 79.9. The second-order valence-electron chi connectivity index (χ2n) is 4.54. The lowest BCUT2D eigenvalue weighted by Gasteiger charge is -2.21. The van der Waals surface area contributed by atoms with Crippen LogP contribution in [-0.2, 0) is 6.42 Å². The predicted molar refractivity (Wildman–Crippen MR) is 65.4 cm³/mol. The minimum atomic E-state index is -0.417. The average molecular weight is 288 g/mol. The van der Waals surface area contributed by atoms with Gasteiger partial charge in [0.2, 0.25) is 0 Å². The molecule has 0 saturated carbocycles. The highest BCUT2D eigenvalue weighted by Crippen LogP contribution is 2.29.